The van der Waals surface area contributed by atoms with Crippen molar-refractivity contribution in [3.8, 4) is 5.69 Å². The molecule has 0 fully saturated rings. The van der Waals surface area contributed by atoms with Crippen LogP contribution in [-0.2, 0) is 4.74 Å². The number of ether oxygens (including phenoxy) is 1. The molecule has 0 spiro atoms. The molecule has 2 aromatic heterocycles. The zero-order chi connectivity index (χ0) is 20.4. The van der Waals surface area contributed by atoms with Crippen molar-refractivity contribution in [1.82, 2.24) is 19.7 Å². The molecular formula is C19H19ClN4O3S. The molecule has 9 heteroatoms. The lowest BCUT2D eigenvalue weighted by atomic mass is 10.1. The number of esters is 1. The number of Topliss-reactive ketones (excluding diaryl/α,β-unsaturated/α-hetero) is 1. The predicted octanol–water partition coefficient (Wildman–Crippen LogP) is 4.02. The lowest BCUT2D eigenvalue weighted by Crippen LogP contribution is -2.16. The van der Waals surface area contributed by atoms with Crippen LogP contribution < -0.4 is 0 Å². The fraction of sp³-hybridized carbons (Fsp3) is 0.263. The van der Waals surface area contributed by atoms with E-state index in [4.69, 9.17) is 16.3 Å². The molecule has 0 saturated carbocycles. The summed E-state index contributed by atoms with van der Waals surface area (Å²) in [6.07, 6.45) is 1.57. The minimum Gasteiger partial charge on any atom is -0.465 e. The standard InChI is InChI=1S/C19H19ClN4O3S/c1-10-15(18(26)27-4)11(2)22-16(10)17(25)12(3)28-19-23-21-9-24(19)14-7-5-6-13(20)8-14/h5-9,12,22H,1-4H3. The SMILES string of the molecule is COC(=O)c1c(C)[nH]c(C(=O)C(C)Sc2nncn2-c2cccc(Cl)c2)c1C. The van der Waals surface area contributed by atoms with Gasteiger partial charge in [0, 0.05) is 10.7 Å². The van der Waals surface area contributed by atoms with Crippen LogP contribution in [0.4, 0.5) is 0 Å². The average Bonchev–Trinajstić information content (AvgIpc) is 3.24. The van der Waals surface area contributed by atoms with Crippen LogP contribution in [0.5, 0.6) is 0 Å². The Morgan fingerprint density at radius 1 is 1.32 bits per heavy atom. The normalized spacial score (nSPS) is 12.0. The highest BCUT2D eigenvalue weighted by molar-refractivity contribution is 8.00. The van der Waals surface area contributed by atoms with Crippen molar-refractivity contribution < 1.29 is 14.3 Å². The van der Waals surface area contributed by atoms with Gasteiger partial charge < -0.3 is 9.72 Å². The van der Waals surface area contributed by atoms with E-state index >= 15 is 0 Å². The molecular weight excluding hydrogens is 400 g/mol. The Labute approximate surface area is 171 Å². The van der Waals surface area contributed by atoms with Crippen LogP contribution in [0.15, 0.2) is 35.7 Å². The summed E-state index contributed by atoms with van der Waals surface area (Å²) in [5, 5.41) is 8.78. The van der Waals surface area contributed by atoms with Gasteiger partial charge >= 0.3 is 5.97 Å². The van der Waals surface area contributed by atoms with E-state index in [0.29, 0.717) is 32.7 Å². The molecule has 146 valence electrons. The molecule has 0 amide bonds. The van der Waals surface area contributed by atoms with Gasteiger partial charge in [0.15, 0.2) is 10.9 Å². The van der Waals surface area contributed by atoms with Gasteiger partial charge in [0.25, 0.3) is 0 Å². The summed E-state index contributed by atoms with van der Waals surface area (Å²) < 4.78 is 6.57. The van der Waals surface area contributed by atoms with E-state index in [0.717, 1.165) is 5.69 Å². The van der Waals surface area contributed by atoms with Crippen molar-refractivity contribution in [2.45, 2.75) is 31.2 Å². The number of nitrogens with zero attached hydrogens (tertiary/aromatic N) is 3. The molecule has 7 nitrogen and oxygen atoms in total. The molecule has 0 aliphatic rings. The molecule has 1 aromatic carbocycles. The first-order valence-electron chi connectivity index (χ1n) is 8.47. The molecule has 0 bridgehead atoms. The van der Waals surface area contributed by atoms with Crippen LogP contribution in [0.3, 0.4) is 0 Å². The first-order chi connectivity index (χ1) is 13.3. The number of aromatic amines is 1. The van der Waals surface area contributed by atoms with Gasteiger partial charge in [0.05, 0.1) is 29.3 Å². The number of ketones is 1. The molecule has 1 N–H and O–H groups in total. The summed E-state index contributed by atoms with van der Waals surface area (Å²) in [5.41, 5.74) is 2.78. The minimum atomic E-state index is -0.466. The molecule has 3 rings (SSSR count). The Hall–Kier alpha value is -2.58. The number of hydrogen-bond acceptors (Lipinski definition) is 6. The monoisotopic (exact) mass is 418 g/mol. The fourth-order valence-electron chi connectivity index (χ4n) is 2.93. The van der Waals surface area contributed by atoms with Crippen molar-refractivity contribution in [3.63, 3.8) is 0 Å². The van der Waals surface area contributed by atoms with E-state index in [9.17, 15) is 9.59 Å². The maximum absolute atomic E-state index is 13.0. The average molecular weight is 419 g/mol. The lowest BCUT2D eigenvalue weighted by molar-refractivity contribution is 0.0599. The fourth-order valence-corrected chi connectivity index (χ4v) is 4.01. The summed E-state index contributed by atoms with van der Waals surface area (Å²) in [6.45, 7) is 5.26. The zero-order valence-corrected chi connectivity index (χ0v) is 17.4. The van der Waals surface area contributed by atoms with Gasteiger partial charge in [-0.05, 0) is 44.5 Å². The highest BCUT2D eigenvalue weighted by Crippen LogP contribution is 2.28. The number of nitrogens with one attached hydrogen (secondary N) is 1. The van der Waals surface area contributed by atoms with E-state index in [2.05, 4.69) is 15.2 Å². The van der Waals surface area contributed by atoms with E-state index in [1.165, 1.54) is 18.9 Å². The van der Waals surface area contributed by atoms with Crippen LogP contribution >= 0.6 is 23.4 Å². The third kappa shape index (κ3) is 3.83. The zero-order valence-electron chi connectivity index (χ0n) is 15.8. The molecule has 2 heterocycles. The first-order valence-corrected chi connectivity index (χ1v) is 9.73. The highest BCUT2D eigenvalue weighted by atomic mass is 35.5. The number of aryl methyl sites for hydroxylation is 1. The van der Waals surface area contributed by atoms with E-state index in [1.54, 1.807) is 43.8 Å². The smallest absolute Gasteiger partial charge is 0.339 e. The van der Waals surface area contributed by atoms with E-state index in [-0.39, 0.29) is 5.78 Å². The molecule has 28 heavy (non-hydrogen) atoms. The number of carbonyl (C=O) groups is 2. The van der Waals surface area contributed by atoms with Gasteiger partial charge in [0.2, 0.25) is 0 Å². The summed E-state index contributed by atoms with van der Waals surface area (Å²) in [7, 11) is 1.32. The molecule has 0 aliphatic heterocycles. The number of carbonyl (C=O) groups excluding carboxylic acids is 2. The second-order valence-corrected chi connectivity index (χ2v) is 7.95. The van der Waals surface area contributed by atoms with Crippen molar-refractivity contribution in [3.05, 3.63) is 58.1 Å². The third-order valence-electron chi connectivity index (χ3n) is 4.33. The summed E-state index contributed by atoms with van der Waals surface area (Å²) in [4.78, 5) is 28.0. The van der Waals surface area contributed by atoms with Crippen LogP contribution in [0, 0.1) is 13.8 Å². The first kappa shape index (κ1) is 20.2. The molecule has 1 unspecified atom stereocenters. The van der Waals surface area contributed by atoms with E-state index < -0.39 is 11.2 Å². The molecule has 3 aromatic rings. The molecule has 0 radical (unpaired) electrons. The second kappa shape index (κ2) is 8.20. The number of thioether (sulfide) groups is 1. The lowest BCUT2D eigenvalue weighted by Gasteiger charge is -2.11. The van der Waals surface area contributed by atoms with Gasteiger partial charge in [-0.1, -0.05) is 29.4 Å². The van der Waals surface area contributed by atoms with Gasteiger partial charge in [-0.2, -0.15) is 0 Å². The summed E-state index contributed by atoms with van der Waals surface area (Å²) >= 11 is 7.34. The quantitative estimate of drug-likeness (QED) is 0.369. The Morgan fingerprint density at radius 3 is 2.75 bits per heavy atom. The second-order valence-electron chi connectivity index (χ2n) is 6.20. The number of methoxy groups -OCH3 is 1. The summed E-state index contributed by atoms with van der Waals surface area (Å²) in [5.74, 6) is -0.604. The predicted molar refractivity (Wildman–Crippen MR) is 108 cm³/mol. The van der Waals surface area contributed by atoms with Crippen molar-refractivity contribution in [1.29, 1.82) is 0 Å². The highest BCUT2D eigenvalue weighted by Gasteiger charge is 2.27. The van der Waals surface area contributed by atoms with Gasteiger partial charge in [-0.15, -0.1) is 10.2 Å². The maximum Gasteiger partial charge on any atom is 0.339 e. The number of rotatable bonds is 6. The number of aromatic nitrogens is 4. The number of hydrogen-bond donors (Lipinski definition) is 1. The molecule has 0 saturated heterocycles. The number of H-pyrrole nitrogens is 1. The summed E-state index contributed by atoms with van der Waals surface area (Å²) in [6, 6.07) is 7.29. The van der Waals surface area contributed by atoms with Crippen molar-refractivity contribution in [2.24, 2.45) is 0 Å². The molecule has 0 aliphatic carbocycles. The minimum absolute atomic E-state index is 0.138. The van der Waals surface area contributed by atoms with Crippen LogP contribution in [-0.4, -0.2) is 43.9 Å². The Bertz CT molecular complexity index is 1040. The van der Waals surface area contributed by atoms with Crippen molar-refractivity contribution in [2.75, 3.05) is 7.11 Å². The van der Waals surface area contributed by atoms with Gasteiger partial charge in [0.1, 0.15) is 6.33 Å². The van der Waals surface area contributed by atoms with Crippen LogP contribution in [0.25, 0.3) is 5.69 Å². The van der Waals surface area contributed by atoms with Gasteiger partial charge in [-0.25, -0.2) is 4.79 Å². The van der Waals surface area contributed by atoms with E-state index in [1.807, 2.05) is 12.1 Å². The topological polar surface area (TPSA) is 89.9 Å². The number of halogens is 1. The Kier molecular flexibility index (Phi) is 5.90. The Morgan fingerprint density at radius 2 is 2.07 bits per heavy atom. The third-order valence-corrected chi connectivity index (χ3v) is 5.62. The number of benzene rings is 1. The Balaban J connectivity index is 1.85. The largest absolute Gasteiger partial charge is 0.465 e. The molecule has 1 atom stereocenters. The van der Waals surface area contributed by atoms with Gasteiger partial charge in [-0.3, -0.25) is 9.36 Å². The maximum atomic E-state index is 13.0. The van der Waals surface area contributed by atoms with Crippen LogP contribution in [0.2, 0.25) is 5.02 Å². The van der Waals surface area contributed by atoms with Crippen LogP contribution in [0.1, 0.15) is 39.0 Å². The van der Waals surface area contributed by atoms with Crippen molar-refractivity contribution >= 4 is 35.1 Å².